The molecule has 0 fully saturated rings. The zero-order valence-corrected chi connectivity index (χ0v) is 38.4. The standard InChI is InChI=1S/C63H47N5/c1-62(2)52-37-35-50-48-31-15-17-33-54(48)68(46-29-19-27-44(39-46)61-65-59(41-22-10-6-11-23-41)64-60(66-61)42-24-12-7-13-25-42)58(50)56(52)63(3,4)51-36-34-49-47-30-14-16-32-53(47)67(57(49)55(51)62)45-28-18-26-43(38-45)40-20-8-5-9-21-40/h5-39H,1-4H3. The second-order valence-electron chi connectivity index (χ2n) is 19.2. The van der Waals surface area contributed by atoms with E-state index < -0.39 is 5.41 Å². The van der Waals surface area contributed by atoms with E-state index in [9.17, 15) is 0 Å². The summed E-state index contributed by atoms with van der Waals surface area (Å²) in [5.41, 5.74) is 16.9. The summed E-state index contributed by atoms with van der Waals surface area (Å²) in [5.74, 6) is 1.92. The molecule has 0 atom stereocenters. The van der Waals surface area contributed by atoms with Gasteiger partial charge in [-0.25, -0.2) is 15.0 Å². The Morgan fingerprint density at radius 2 is 0.676 bits per heavy atom. The van der Waals surface area contributed by atoms with Crippen molar-refractivity contribution in [2.45, 2.75) is 38.5 Å². The van der Waals surface area contributed by atoms with Crippen molar-refractivity contribution in [3.63, 3.8) is 0 Å². The van der Waals surface area contributed by atoms with Crippen LogP contribution in [0.15, 0.2) is 212 Å². The Morgan fingerprint density at radius 1 is 0.309 bits per heavy atom. The number of fused-ring (bicyclic) bond motifs is 10. The highest BCUT2D eigenvalue weighted by atomic mass is 15.0. The van der Waals surface area contributed by atoms with Crippen molar-refractivity contribution in [2.75, 3.05) is 0 Å². The first-order valence-corrected chi connectivity index (χ1v) is 23.5. The van der Waals surface area contributed by atoms with Crippen molar-refractivity contribution in [1.29, 1.82) is 0 Å². The van der Waals surface area contributed by atoms with E-state index >= 15 is 0 Å². The Labute approximate surface area is 395 Å². The molecule has 0 N–H and O–H groups in total. The minimum Gasteiger partial charge on any atom is -0.309 e. The quantitative estimate of drug-likeness (QED) is 0.167. The number of hydrogen-bond donors (Lipinski definition) is 0. The van der Waals surface area contributed by atoms with Gasteiger partial charge in [-0.15, -0.1) is 0 Å². The Hall–Kier alpha value is -8.41. The Morgan fingerprint density at radius 3 is 1.15 bits per heavy atom. The fourth-order valence-corrected chi connectivity index (χ4v) is 11.4. The number of rotatable bonds is 6. The molecule has 0 bridgehead atoms. The van der Waals surface area contributed by atoms with Gasteiger partial charge in [0, 0.05) is 60.4 Å². The Balaban J connectivity index is 1.05. The molecule has 12 aromatic rings. The van der Waals surface area contributed by atoms with Crippen molar-refractivity contribution < 1.29 is 0 Å². The highest BCUT2D eigenvalue weighted by molar-refractivity contribution is 6.13. The third kappa shape index (κ3) is 5.98. The summed E-state index contributed by atoms with van der Waals surface area (Å²) in [6.45, 7) is 9.76. The maximum absolute atomic E-state index is 5.14. The number of aromatic nitrogens is 5. The topological polar surface area (TPSA) is 48.5 Å². The lowest BCUT2D eigenvalue weighted by Gasteiger charge is -2.45. The first kappa shape index (κ1) is 39.9. The van der Waals surface area contributed by atoms with Crippen molar-refractivity contribution in [3.05, 3.63) is 235 Å². The normalized spacial score (nSPS) is 13.8. The van der Waals surface area contributed by atoms with Gasteiger partial charge < -0.3 is 9.13 Å². The molecule has 3 aromatic heterocycles. The summed E-state index contributed by atoms with van der Waals surface area (Å²) in [6, 6.07) is 76.3. The smallest absolute Gasteiger partial charge is 0.164 e. The predicted octanol–water partition coefficient (Wildman–Crippen LogP) is 15.7. The summed E-state index contributed by atoms with van der Waals surface area (Å²) in [4.78, 5) is 15.3. The molecular weight excluding hydrogens is 827 g/mol. The van der Waals surface area contributed by atoms with Crippen LogP contribution in [0.5, 0.6) is 0 Å². The van der Waals surface area contributed by atoms with Gasteiger partial charge in [0.2, 0.25) is 0 Å². The third-order valence-electron chi connectivity index (χ3n) is 14.5. The SMILES string of the molecule is CC1(C)c2ccc3c4ccccc4n(-c4cccc(-c5nc(-c6ccccc6)nc(-c6ccccc6)n5)c4)c3c2C(C)(C)c2ccc3c4ccccc4n(-c4cccc(-c5ccccc5)c4)c3c21. The fourth-order valence-electron chi connectivity index (χ4n) is 11.4. The zero-order chi connectivity index (χ0) is 45.7. The first-order valence-electron chi connectivity index (χ1n) is 23.5. The molecule has 1 aliphatic carbocycles. The number of para-hydroxylation sites is 2. The first-order chi connectivity index (χ1) is 33.3. The number of nitrogens with zero attached hydrogens (tertiary/aromatic N) is 5. The van der Waals surface area contributed by atoms with Gasteiger partial charge in [0.15, 0.2) is 17.5 Å². The number of hydrogen-bond acceptors (Lipinski definition) is 3. The van der Waals surface area contributed by atoms with E-state index in [2.05, 4.69) is 213 Å². The van der Waals surface area contributed by atoms with Gasteiger partial charge >= 0.3 is 0 Å². The molecule has 0 spiro atoms. The lowest BCUT2D eigenvalue weighted by molar-refractivity contribution is 0.527. The van der Waals surface area contributed by atoms with Gasteiger partial charge in [0.25, 0.3) is 0 Å². The Bertz CT molecular complexity index is 3900. The van der Waals surface area contributed by atoms with Gasteiger partial charge in [-0.3, -0.25) is 0 Å². The summed E-state index contributed by atoms with van der Waals surface area (Å²) in [6.07, 6.45) is 0. The van der Waals surface area contributed by atoms with E-state index in [1.165, 1.54) is 71.5 Å². The van der Waals surface area contributed by atoms with Crippen LogP contribution in [0, 0.1) is 0 Å². The van der Waals surface area contributed by atoms with Gasteiger partial charge in [0.1, 0.15) is 0 Å². The molecule has 324 valence electrons. The van der Waals surface area contributed by atoms with Gasteiger partial charge in [0.05, 0.1) is 22.1 Å². The van der Waals surface area contributed by atoms with Crippen molar-refractivity contribution >= 4 is 43.6 Å². The van der Waals surface area contributed by atoms with E-state index in [0.717, 1.165) is 33.6 Å². The molecule has 3 heterocycles. The maximum Gasteiger partial charge on any atom is 0.164 e. The van der Waals surface area contributed by atoms with Crippen molar-refractivity contribution in [1.82, 2.24) is 24.1 Å². The lowest BCUT2D eigenvalue weighted by atomic mass is 9.59. The predicted molar refractivity (Wildman–Crippen MR) is 281 cm³/mol. The molecule has 0 aliphatic heterocycles. The highest BCUT2D eigenvalue weighted by Crippen LogP contribution is 2.56. The van der Waals surface area contributed by atoms with Gasteiger partial charge in [-0.2, -0.15) is 0 Å². The summed E-state index contributed by atoms with van der Waals surface area (Å²) in [5, 5.41) is 4.99. The molecule has 0 saturated heterocycles. The van der Waals surface area contributed by atoms with Crippen LogP contribution in [0.2, 0.25) is 0 Å². The maximum atomic E-state index is 5.14. The van der Waals surface area contributed by atoms with Crippen molar-refractivity contribution in [2.24, 2.45) is 0 Å². The third-order valence-corrected chi connectivity index (χ3v) is 14.5. The molecule has 9 aromatic carbocycles. The van der Waals surface area contributed by atoms with Crippen LogP contribution in [0.3, 0.4) is 0 Å². The van der Waals surface area contributed by atoms with E-state index in [4.69, 9.17) is 15.0 Å². The van der Waals surface area contributed by atoms with Crippen LogP contribution < -0.4 is 0 Å². The molecular formula is C63H47N5. The molecule has 0 unspecified atom stereocenters. The summed E-state index contributed by atoms with van der Waals surface area (Å²) >= 11 is 0. The highest BCUT2D eigenvalue weighted by Gasteiger charge is 2.45. The van der Waals surface area contributed by atoms with Crippen LogP contribution in [0.25, 0.3) is 100 Å². The average molecular weight is 874 g/mol. The summed E-state index contributed by atoms with van der Waals surface area (Å²) < 4.78 is 5.03. The molecule has 0 radical (unpaired) electrons. The molecule has 68 heavy (non-hydrogen) atoms. The zero-order valence-electron chi connectivity index (χ0n) is 38.4. The van der Waals surface area contributed by atoms with E-state index in [1.807, 2.05) is 36.4 Å². The second-order valence-corrected chi connectivity index (χ2v) is 19.2. The van der Waals surface area contributed by atoms with Gasteiger partial charge in [-0.1, -0.05) is 204 Å². The van der Waals surface area contributed by atoms with E-state index in [0.29, 0.717) is 17.5 Å². The minimum atomic E-state index is -0.395. The molecule has 5 heteroatoms. The molecule has 0 saturated carbocycles. The molecule has 5 nitrogen and oxygen atoms in total. The Kier molecular flexibility index (Phi) is 8.84. The van der Waals surface area contributed by atoms with Crippen LogP contribution in [0.4, 0.5) is 0 Å². The fraction of sp³-hybridized carbons (Fsp3) is 0.0952. The summed E-state index contributed by atoms with van der Waals surface area (Å²) in [7, 11) is 0. The van der Waals surface area contributed by atoms with Crippen LogP contribution in [-0.4, -0.2) is 24.1 Å². The largest absolute Gasteiger partial charge is 0.309 e. The lowest BCUT2D eigenvalue weighted by Crippen LogP contribution is -2.37. The van der Waals surface area contributed by atoms with Crippen LogP contribution >= 0.6 is 0 Å². The van der Waals surface area contributed by atoms with Crippen LogP contribution in [-0.2, 0) is 10.8 Å². The number of benzene rings is 9. The monoisotopic (exact) mass is 873 g/mol. The van der Waals surface area contributed by atoms with E-state index in [-0.39, 0.29) is 5.41 Å². The minimum absolute atomic E-state index is 0.382. The van der Waals surface area contributed by atoms with E-state index in [1.54, 1.807) is 0 Å². The average Bonchev–Trinajstić information content (AvgIpc) is 3.91. The second kappa shape index (κ2) is 15.1. The van der Waals surface area contributed by atoms with Crippen LogP contribution in [0.1, 0.15) is 49.9 Å². The molecule has 13 rings (SSSR count). The van der Waals surface area contributed by atoms with Gasteiger partial charge in [-0.05, 0) is 69.8 Å². The van der Waals surface area contributed by atoms with Crippen molar-refractivity contribution in [3.8, 4) is 56.7 Å². The molecule has 0 amide bonds. The molecule has 1 aliphatic rings.